The second-order valence-corrected chi connectivity index (χ2v) is 10.9. The second kappa shape index (κ2) is 27.3. The molecule has 45 heavy (non-hydrogen) atoms. The van der Waals surface area contributed by atoms with Crippen molar-refractivity contribution in [2.75, 3.05) is 74.4 Å². The van der Waals surface area contributed by atoms with Crippen molar-refractivity contribution in [2.45, 2.75) is 0 Å². The fourth-order valence-electron chi connectivity index (χ4n) is 2.52. The van der Waals surface area contributed by atoms with Gasteiger partial charge in [0.1, 0.15) is 0 Å². The smallest absolute Gasteiger partial charge is 1.00 e. The first-order valence-corrected chi connectivity index (χ1v) is 15.9. The SMILES string of the molecule is C1COCCO1.CS(C)=O.CS(C)=O.Nc1nc(N)nc(-c2ccncc2)n1.Nc1nc(N)nc(-c2ccncc2)n1.[Cl-].[Cl-].[Pd+2]. The van der Waals surface area contributed by atoms with Gasteiger partial charge < -0.3 is 57.2 Å². The fraction of sp³-hybridized carbons (Fsp3) is 0.333. The predicted octanol–water partition coefficient (Wildman–Crippen LogP) is -5.78. The average Bonchev–Trinajstić information content (AvgIpc) is 2.94. The van der Waals surface area contributed by atoms with E-state index in [1.54, 1.807) is 74.1 Å². The summed E-state index contributed by atoms with van der Waals surface area (Å²) in [5.74, 6) is 1.37. The minimum Gasteiger partial charge on any atom is -1.00 e. The second-order valence-electron chi connectivity index (χ2n) is 7.93. The predicted molar refractivity (Wildman–Crippen MR) is 165 cm³/mol. The molecule has 252 valence electrons. The molecule has 1 aliphatic rings. The third-order valence-electron chi connectivity index (χ3n) is 3.96. The van der Waals surface area contributed by atoms with Crippen molar-refractivity contribution in [1.82, 2.24) is 39.9 Å². The number of rotatable bonds is 2. The molecule has 1 aliphatic heterocycles. The quantitative estimate of drug-likeness (QED) is 0.138. The van der Waals surface area contributed by atoms with Gasteiger partial charge in [0.05, 0.1) is 26.4 Å². The summed E-state index contributed by atoms with van der Waals surface area (Å²) in [6.45, 7) is 3.11. The van der Waals surface area contributed by atoms with Gasteiger partial charge in [0, 0.05) is 82.5 Å². The third-order valence-corrected chi connectivity index (χ3v) is 3.96. The van der Waals surface area contributed by atoms with Crippen LogP contribution in [0.15, 0.2) is 49.1 Å². The van der Waals surface area contributed by atoms with Crippen LogP contribution in [0.1, 0.15) is 0 Å². The van der Waals surface area contributed by atoms with E-state index in [-0.39, 0.29) is 69.0 Å². The van der Waals surface area contributed by atoms with Crippen molar-refractivity contribution in [3.63, 3.8) is 0 Å². The summed E-state index contributed by atoms with van der Waals surface area (Å²) in [6, 6.07) is 7.09. The van der Waals surface area contributed by atoms with Crippen LogP contribution in [-0.2, 0) is 51.5 Å². The average molecular weight is 798 g/mol. The molecular formula is C24H36Cl2N12O4PdS2. The number of aromatic nitrogens is 8. The van der Waals surface area contributed by atoms with E-state index in [0.717, 1.165) is 37.6 Å². The van der Waals surface area contributed by atoms with Crippen LogP contribution in [0.3, 0.4) is 0 Å². The largest absolute Gasteiger partial charge is 2.00 e. The molecular weight excluding hydrogens is 762 g/mol. The van der Waals surface area contributed by atoms with Crippen LogP contribution in [0.4, 0.5) is 23.8 Å². The molecule has 0 atom stereocenters. The Morgan fingerprint density at radius 3 is 0.956 bits per heavy atom. The van der Waals surface area contributed by atoms with E-state index in [4.69, 9.17) is 32.4 Å². The van der Waals surface area contributed by atoms with E-state index in [2.05, 4.69) is 39.9 Å². The molecule has 1 fully saturated rings. The number of halogens is 2. The van der Waals surface area contributed by atoms with Crippen molar-refractivity contribution >= 4 is 45.4 Å². The molecule has 16 nitrogen and oxygen atoms in total. The fourth-order valence-corrected chi connectivity index (χ4v) is 2.52. The topological polar surface area (TPSA) is 260 Å². The summed E-state index contributed by atoms with van der Waals surface area (Å²) in [5, 5.41) is 0. The molecule has 21 heteroatoms. The molecule has 4 aromatic heterocycles. The molecule has 1 saturated heterocycles. The van der Waals surface area contributed by atoms with E-state index in [1.807, 2.05) is 0 Å². The van der Waals surface area contributed by atoms with Gasteiger partial charge in [0.2, 0.25) is 23.8 Å². The molecule has 8 N–H and O–H groups in total. The zero-order valence-electron chi connectivity index (χ0n) is 24.9. The zero-order valence-corrected chi connectivity index (χ0v) is 29.6. The van der Waals surface area contributed by atoms with E-state index >= 15 is 0 Å². The number of hydrogen-bond donors (Lipinski definition) is 4. The van der Waals surface area contributed by atoms with Gasteiger partial charge in [-0.25, -0.2) is 0 Å². The molecule has 0 unspecified atom stereocenters. The third kappa shape index (κ3) is 24.0. The Bertz CT molecular complexity index is 1230. The molecule has 0 amide bonds. The number of nitrogen functional groups attached to an aromatic ring is 4. The van der Waals surface area contributed by atoms with Crippen molar-refractivity contribution < 1.29 is 63.1 Å². The summed E-state index contributed by atoms with van der Waals surface area (Å²) in [4.78, 5) is 30.9. The number of nitrogens with two attached hydrogens (primary N) is 4. The van der Waals surface area contributed by atoms with Gasteiger partial charge >= 0.3 is 20.4 Å². The number of nitrogens with zero attached hydrogens (tertiary/aromatic N) is 8. The summed E-state index contributed by atoms with van der Waals surface area (Å²) in [7, 11) is -1.22. The van der Waals surface area contributed by atoms with E-state index < -0.39 is 21.6 Å². The Labute approximate surface area is 293 Å². The van der Waals surface area contributed by atoms with Gasteiger partial charge in [-0.2, -0.15) is 29.9 Å². The standard InChI is InChI=1S/2C8H8N6.C4H8O2.2C2H6OS.2ClH.Pd/c2*9-7-12-6(13-8(10)14-7)5-1-3-11-4-2-5;1-2-6-4-3-5-1;2*1-4(2)3;;;/h2*1-4H,(H4,9,10,12,13,14);1-4H2;2*1-2H3;2*1H;/q;;;;;;;+2/p-2. The van der Waals surface area contributed by atoms with Crippen molar-refractivity contribution in [3.05, 3.63) is 49.1 Å². The van der Waals surface area contributed by atoms with Crippen LogP contribution >= 0.6 is 0 Å². The molecule has 0 saturated carbocycles. The summed E-state index contributed by atoms with van der Waals surface area (Å²) < 4.78 is 29.0. The van der Waals surface area contributed by atoms with Crippen LogP contribution < -0.4 is 47.7 Å². The molecule has 0 spiro atoms. The molecule has 4 aromatic rings. The van der Waals surface area contributed by atoms with Crippen LogP contribution in [0.25, 0.3) is 22.8 Å². The minimum absolute atomic E-state index is 0. The summed E-state index contributed by atoms with van der Waals surface area (Å²) >= 11 is 0. The zero-order chi connectivity index (χ0) is 31.3. The minimum atomic E-state index is -0.611. The molecule has 0 radical (unpaired) electrons. The Hall–Kier alpha value is -3.02. The Morgan fingerprint density at radius 2 is 0.756 bits per heavy atom. The van der Waals surface area contributed by atoms with Crippen LogP contribution in [-0.4, -0.2) is 99.7 Å². The van der Waals surface area contributed by atoms with E-state index in [1.165, 1.54) is 0 Å². The molecule has 0 aromatic carbocycles. The Balaban J connectivity index is -0.000000533. The number of anilines is 4. The molecule has 5 heterocycles. The van der Waals surface area contributed by atoms with Gasteiger partial charge in [-0.15, -0.1) is 0 Å². The number of ether oxygens (including phenoxy) is 2. The van der Waals surface area contributed by atoms with Crippen molar-refractivity contribution in [3.8, 4) is 22.8 Å². The van der Waals surface area contributed by atoms with Crippen LogP contribution in [0.5, 0.6) is 0 Å². The van der Waals surface area contributed by atoms with Gasteiger partial charge in [-0.3, -0.25) is 18.4 Å². The van der Waals surface area contributed by atoms with Gasteiger partial charge in [-0.05, 0) is 24.3 Å². The first kappa shape index (κ1) is 46.4. The maximum Gasteiger partial charge on any atom is 2.00 e. The van der Waals surface area contributed by atoms with E-state index in [9.17, 15) is 8.42 Å². The summed E-state index contributed by atoms with van der Waals surface area (Å²) in [6.07, 6.45) is 13.1. The van der Waals surface area contributed by atoms with Crippen LogP contribution in [0, 0.1) is 0 Å². The van der Waals surface area contributed by atoms with Crippen LogP contribution in [0.2, 0.25) is 0 Å². The van der Waals surface area contributed by atoms with Gasteiger partial charge in [-0.1, -0.05) is 0 Å². The Morgan fingerprint density at radius 1 is 0.533 bits per heavy atom. The number of pyridine rings is 2. The number of hydrogen-bond acceptors (Lipinski definition) is 16. The normalized spacial score (nSPS) is 11.0. The maximum atomic E-state index is 9.56. The summed E-state index contributed by atoms with van der Waals surface area (Å²) in [5.41, 5.74) is 23.4. The maximum absolute atomic E-state index is 9.56. The first-order valence-electron chi connectivity index (χ1n) is 12.0. The van der Waals surface area contributed by atoms with Crippen molar-refractivity contribution in [1.29, 1.82) is 0 Å². The Kier molecular flexibility index (Phi) is 28.2. The van der Waals surface area contributed by atoms with Crippen molar-refractivity contribution in [2.24, 2.45) is 0 Å². The first-order chi connectivity index (χ1) is 20.0. The van der Waals surface area contributed by atoms with E-state index in [0.29, 0.717) is 11.6 Å². The van der Waals surface area contributed by atoms with Gasteiger partial charge in [0.25, 0.3) is 0 Å². The van der Waals surface area contributed by atoms with Gasteiger partial charge in [0.15, 0.2) is 11.6 Å². The molecule has 0 aliphatic carbocycles. The molecule has 0 bridgehead atoms. The molecule has 5 rings (SSSR count). The monoisotopic (exact) mass is 796 g/mol.